The Kier molecular flexibility index (Phi) is 2.14. The molecular formula is C16H21N. The molecule has 0 heterocycles. The van der Waals surface area contributed by atoms with Crippen LogP contribution in [-0.4, -0.2) is 6.04 Å². The van der Waals surface area contributed by atoms with Crippen LogP contribution in [0.3, 0.4) is 0 Å². The molecule has 2 saturated carbocycles. The second-order valence-electron chi connectivity index (χ2n) is 6.35. The van der Waals surface area contributed by atoms with Gasteiger partial charge in [-0.3, -0.25) is 0 Å². The Morgan fingerprint density at radius 1 is 1.18 bits per heavy atom. The average Bonchev–Trinajstić information content (AvgIpc) is 3.22. The van der Waals surface area contributed by atoms with Crippen LogP contribution in [0.4, 0.5) is 0 Å². The fraction of sp³-hybridized carbons (Fsp3) is 0.625. The van der Waals surface area contributed by atoms with Gasteiger partial charge in [-0.1, -0.05) is 37.1 Å². The van der Waals surface area contributed by atoms with E-state index in [2.05, 4.69) is 24.3 Å². The summed E-state index contributed by atoms with van der Waals surface area (Å²) < 4.78 is 0. The van der Waals surface area contributed by atoms with Crippen LogP contribution in [-0.2, 0) is 6.42 Å². The summed E-state index contributed by atoms with van der Waals surface area (Å²) in [6.45, 7) is 0. The van der Waals surface area contributed by atoms with E-state index >= 15 is 0 Å². The summed E-state index contributed by atoms with van der Waals surface area (Å²) in [5.74, 6) is 3.51. The molecule has 0 saturated heterocycles. The smallest absolute Gasteiger partial charge is 0.00786 e. The van der Waals surface area contributed by atoms with E-state index in [1.807, 2.05) is 0 Å². The highest BCUT2D eigenvalue weighted by Gasteiger charge is 2.55. The Morgan fingerprint density at radius 2 is 2.00 bits per heavy atom. The van der Waals surface area contributed by atoms with Crippen LogP contribution in [0.15, 0.2) is 24.3 Å². The minimum absolute atomic E-state index is 0.476. The molecule has 0 radical (unpaired) electrons. The first-order valence-electron chi connectivity index (χ1n) is 7.18. The third kappa shape index (κ3) is 1.63. The molecule has 2 N–H and O–H groups in total. The number of benzene rings is 1. The SMILES string of the molecule is NC(CC1CC1)C1C2CCc3ccccc3C21. The Labute approximate surface area is 103 Å². The van der Waals surface area contributed by atoms with Gasteiger partial charge in [-0.15, -0.1) is 0 Å². The van der Waals surface area contributed by atoms with Gasteiger partial charge in [0.25, 0.3) is 0 Å². The predicted octanol–water partition coefficient (Wildman–Crippen LogP) is 3.09. The van der Waals surface area contributed by atoms with E-state index in [0.717, 1.165) is 23.7 Å². The molecular weight excluding hydrogens is 206 g/mol. The Hall–Kier alpha value is -0.820. The highest BCUT2D eigenvalue weighted by Crippen LogP contribution is 2.61. The molecule has 3 aliphatic rings. The monoisotopic (exact) mass is 227 g/mol. The van der Waals surface area contributed by atoms with Crippen molar-refractivity contribution in [2.24, 2.45) is 23.5 Å². The van der Waals surface area contributed by atoms with E-state index in [4.69, 9.17) is 5.73 Å². The highest BCUT2D eigenvalue weighted by atomic mass is 14.7. The predicted molar refractivity (Wildman–Crippen MR) is 69.8 cm³/mol. The molecule has 17 heavy (non-hydrogen) atoms. The van der Waals surface area contributed by atoms with Gasteiger partial charge in [-0.2, -0.15) is 0 Å². The molecule has 0 aliphatic heterocycles. The lowest BCUT2D eigenvalue weighted by Gasteiger charge is -2.13. The van der Waals surface area contributed by atoms with Gasteiger partial charge >= 0.3 is 0 Å². The lowest BCUT2D eigenvalue weighted by molar-refractivity contribution is 0.480. The van der Waals surface area contributed by atoms with Crippen molar-refractivity contribution in [3.63, 3.8) is 0 Å². The van der Waals surface area contributed by atoms with Crippen LogP contribution in [0.2, 0.25) is 0 Å². The molecule has 1 aromatic carbocycles. The molecule has 1 heteroatoms. The van der Waals surface area contributed by atoms with E-state index in [-0.39, 0.29) is 0 Å². The van der Waals surface area contributed by atoms with Gasteiger partial charge in [-0.05, 0) is 54.1 Å². The molecule has 1 nitrogen and oxygen atoms in total. The number of nitrogens with two attached hydrogens (primary N) is 1. The quantitative estimate of drug-likeness (QED) is 0.843. The van der Waals surface area contributed by atoms with Crippen molar-refractivity contribution >= 4 is 0 Å². The van der Waals surface area contributed by atoms with E-state index in [1.54, 1.807) is 11.1 Å². The Balaban J connectivity index is 1.55. The van der Waals surface area contributed by atoms with E-state index in [9.17, 15) is 0 Å². The van der Waals surface area contributed by atoms with Gasteiger partial charge < -0.3 is 5.73 Å². The second-order valence-corrected chi connectivity index (χ2v) is 6.35. The van der Waals surface area contributed by atoms with Crippen molar-refractivity contribution in [2.75, 3.05) is 0 Å². The number of rotatable bonds is 3. The maximum Gasteiger partial charge on any atom is 0.00786 e. The van der Waals surface area contributed by atoms with Crippen LogP contribution in [0.1, 0.15) is 42.7 Å². The molecule has 3 aliphatic carbocycles. The minimum atomic E-state index is 0.476. The molecule has 4 unspecified atom stereocenters. The molecule has 4 atom stereocenters. The third-order valence-corrected chi connectivity index (χ3v) is 5.19. The molecule has 0 spiro atoms. The summed E-state index contributed by atoms with van der Waals surface area (Å²) in [6.07, 6.45) is 6.83. The van der Waals surface area contributed by atoms with Gasteiger partial charge in [0.05, 0.1) is 0 Å². The minimum Gasteiger partial charge on any atom is -0.327 e. The van der Waals surface area contributed by atoms with E-state index in [0.29, 0.717) is 6.04 Å². The van der Waals surface area contributed by atoms with Gasteiger partial charge in [-0.25, -0.2) is 0 Å². The first-order chi connectivity index (χ1) is 8.34. The topological polar surface area (TPSA) is 26.0 Å². The summed E-state index contributed by atoms with van der Waals surface area (Å²) in [7, 11) is 0. The lowest BCUT2D eigenvalue weighted by Crippen LogP contribution is -2.24. The van der Waals surface area contributed by atoms with E-state index in [1.165, 1.54) is 32.1 Å². The molecule has 2 fully saturated rings. The summed E-state index contributed by atoms with van der Waals surface area (Å²) in [5, 5.41) is 0. The number of hydrogen-bond donors (Lipinski definition) is 1. The van der Waals surface area contributed by atoms with Crippen molar-refractivity contribution in [1.29, 1.82) is 0 Å². The summed E-state index contributed by atoms with van der Waals surface area (Å²) >= 11 is 0. The van der Waals surface area contributed by atoms with Crippen molar-refractivity contribution in [2.45, 2.75) is 44.1 Å². The zero-order chi connectivity index (χ0) is 11.4. The van der Waals surface area contributed by atoms with Crippen LogP contribution < -0.4 is 5.73 Å². The molecule has 4 rings (SSSR count). The van der Waals surface area contributed by atoms with Crippen LogP contribution >= 0.6 is 0 Å². The average molecular weight is 227 g/mol. The largest absolute Gasteiger partial charge is 0.327 e. The summed E-state index contributed by atoms with van der Waals surface area (Å²) in [6, 6.07) is 9.51. The zero-order valence-electron chi connectivity index (χ0n) is 10.3. The Morgan fingerprint density at radius 3 is 2.82 bits per heavy atom. The van der Waals surface area contributed by atoms with Gasteiger partial charge in [0, 0.05) is 6.04 Å². The van der Waals surface area contributed by atoms with Crippen molar-refractivity contribution in [3.8, 4) is 0 Å². The van der Waals surface area contributed by atoms with Crippen LogP contribution in [0, 0.1) is 17.8 Å². The van der Waals surface area contributed by atoms with Crippen molar-refractivity contribution in [3.05, 3.63) is 35.4 Å². The van der Waals surface area contributed by atoms with Gasteiger partial charge in [0.2, 0.25) is 0 Å². The Bertz CT molecular complexity index is 435. The van der Waals surface area contributed by atoms with Gasteiger partial charge in [0.15, 0.2) is 0 Å². The fourth-order valence-electron chi connectivity index (χ4n) is 4.10. The first-order valence-corrected chi connectivity index (χ1v) is 7.18. The highest BCUT2D eigenvalue weighted by molar-refractivity contribution is 5.40. The summed E-state index contributed by atoms with van der Waals surface area (Å²) in [5.41, 5.74) is 9.65. The lowest BCUT2D eigenvalue weighted by atomic mass is 9.92. The normalized spacial score (nSPS) is 35.9. The van der Waals surface area contributed by atoms with Crippen molar-refractivity contribution < 1.29 is 0 Å². The van der Waals surface area contributed by atoms with Crippen molar-refractivity contribution in [1.82, 2.24) is 0 Å². The molecule has 0 amide bonds. The maximum atomic E-state index is 6.44. The standard InChI is InChI=1S/C16H21N/c17-14(9-10-5-6-10)16-13-8-7-11-3-1-2-4-12(11)15(13)16/h1-4,10,13-16H,5-9,17H2. The number of aryl methyl sites for hydroxylation is 1. The second kappa shape index (κ2) is 3.58. The number of fused-ring (bicyclic) bond motifs is 3. The van der Waals surface area contributed by atoms with Crippen LogP contribution in [0.25, 0.3) is 0 Å². The maximum absolute atomic E-state index is 6.44. The molecule has 0 aromatic heterocycles. The molecule has 1 aromatic rings. The van der Waals surface area contributed by atoms with Crippen LogP contribution in [0.5, 0.6) is 0 Å². The van der Waals surface area contributed by atoms with E-state index < -0.39 is 0 Å². The zero-order valence-corrected chi connectivity index (χ0v) is 10.3. The summed E-state index contributed by atoms with van der Waals surface area (Å²) in [4.78, 5) is 0. The molecule has 0 bridgehead atoms. The van der Waals surface area contributed by atoms with Gasteiger partial charge in [0.1, 0.15) is 0 Å². The molecule has 90 valence electrons. The third-order valence-electron chi connectivity index (χ3n) is 5.19. The first kappa shape index (κ1) is 10.1. The fourth-order valence-corrected chi connectivity index (χ4v) is 4.10. The number of hydrogen-bond acceptors (Lipinski definition) is 1.